The molecule has 2 unspecified atom stereocenters. The number of halogens is 1. The minimum atomic E-state index is -0.673. The van der Waals surface area contributed by atoms with E-state index in [0.717, 1.165) is 5.69 Å². The zero-order valence-electron chi connectivity index (χ0n) is 10.1. The highest BCUT2D eigenvalue weighted by atomic mass is 19.1. The molecule has 0 radical (unpaired) electrons. The van der Waals surface area contributed by atoms with Crippen LogP contribution in [0.15, 0.2) is 36.5 Å². The minimum Gasteiger partial charge on any atom is -0.387 e. The number of nitrogens with zero attached hydrogens (tertiary/aromatic N) is 1. The Kier molecular flexibility index (Phi) is 4.07. The molecule has 1 aromatic heterocycles. The lowest BCUT2D eigenvalue weighted by atomic mass is 10.0. The first-order valence-electron chi connectivity index (χ1n) is 5.82. The summed E-state index contributed by atoms with van der Waals surface area (Å²) in [5.41, 5.74) is 1.65. The van der Waals surface area contributed by atoms with Crippen LogP contribution in [0.4, 0.5) is 4.39 Å². The number of aliphatic hydroxyl groups is 1. The molecular formula is C13H16FN3O. The summed E-state index contributed by atoms with van der Waals surface area (Å²) >= 11 is 0. The molecule has 0 saturated carbocycles. The molecule has 2 rings (SSSR count). The smallest absolute Gasteiger partial charge is 0.123 e. The van der Waals surface area contributed by atoms with E-state index in [0.29, 0.717) is 12.1 Å². The zero-order valence-corrected chi connectivity index (χ0v) is 10.1. The van der Waals surface area contributed by atoms with Crippen LogP contribution in [-0.2, 0) is 6.54 Å². The molecule has 0 aliphatic heterocycles. The van der Waals surface area contributed by atoms with Crippen LogP contribution in [0.3, 0.4) is 0 Å². The number of H-pyrrole nitrogens is 1. The van der Waals surface area contributed by atoms with Crippen molar-refractivity contribution < 1.29 is 9.50 Å². The maximum atomic E-state index is 12.8. The Bertz CT molecular complexity index is 469. The van der Waals surface area contributed by atoms with Crippen molar-refractivity contribution in [2.24, 2.45) is 0 Å². The van der Waals surface area contributed by atoms with Gasteiger partial charge in [-0.15, -0.1) is 0 Å². The fraction of sp³-hybridized carbons (Fsp3) is 0.308. The molecule has 2 atom stereocenters. The van der Waals surface area contributed by atoms with Crippen molar-refractivity contribution in [3.63, 3.8) is 0 Å². The second kappa shape index (κ2) is 5.75. The standard InChI is InChI=1S/C13H16FN3O/c1-9(15-8-12-6-7-16-17-12)13(18)10-2-4-11(14)5-3-10/h2-7,9,13,15,18H,8H2,1H3,(H,16,17). The molecule has 0 aliphatic rings. The van der Waals surface area contributed by atoms with E-state index in [1.54, 1.807) is 18.3 Å². The normalized spacial score (nSPS) is 14.4. The minimum absolute atomic E-state index is 0.140. The summed E-state index contributed by atoms with van der Waals surface area (Å²) in [6, 6.07) is 7.60. The third-order valence-electron chi connectivity index (χ3n) is 2.86. The van der Waals surface area contributed by atoms with E-state index in [9.17, 15) is 9.50 Å². The zero-order chi connectivity index (χ0) is 13.0. The van der Waals surface area contributed by atoms with Gasteiger partial charge in [0.05, 0.1) is 6.10 Å². The number of aromatic nitrogens is 2. The van der Waals surface area contributed by atoms with Crippen molar-refractivity contribution >= 4 is 0 Å². The van der Waals surface area contributed by atoms with Crippen LogP contribution < -0.4 is 5.32 Å². The van der Waals surface area contributed by atoms with Crippen LogP contribution in [0.2, 0.25) is 0 Å². The first-order valence-corrected chi connectivity index (χ1v) is 5.82. The van der Waals surface area contributed by atoms with E-state index in [4.69, 9.17) is 0 Å². The van der Waals surface area contributed by atoms with E-state index >= 15 is 0 Å². The molecule has 4 nitrogen and oxygen atoms in total. The topological polar surface area (TPSA) is 60.9 Å². The molecule has 2 aromatic rings. The number of nitrogens with one attached hydrogen (secondary N) is 2. The van der Waals surface area contributed by atoms with Crippen LogP contribution in [-0.4, -0.2) is 21.3 Å². The van der Waals surface area contributed by atoms with Gasteiger partial charge in [0, 0.05) is 24.5 Å². The first kappa shape index (κ1) is 12.7. The van der Waals surface area contributed by atoms with Gasteiger partial charge in [0.1, 0.15) is 5.82 Å². The van der Waals surface area contributed by atoms with Gasteiger partial charge >= 0.3 is 0 Å². The summed E-state index contributed by atoms with van der Waals surface area (Å²) in [5.74, 6) is -0.302. The summed E-state index contributed by atoms with van der Waals surface area (Å²) < 4.78 is 12.8. The van der Waals surface area contributed by atoms with Gasteiger partial charge in [-0.25, -0.2) is 4.39 Å². The Labute approximate surface area is 105 Å². The van der Waals surface area contributed by atoms with Crippen LogP contribution >= 0.6 is 0 Å². The average molecular weight is 249 g/mol. The molecule has 3 N–H and O–H groups in total. The summed E-state index contributed by atoms with van der Waals surface area (Å²) in [5, 5.41) is 20.0. The second-order valence-corrected chi connectivity index (χ2v) is 4.25. The maximum Gasteiger partial charge on any atom is 0.123 e. The molecule has 0 bridgehead atoms. The Hall–Kier alpha value is -1.72. The largest absolute Gasteiger partial charge is 0.387 e. The third kappa shape index (κ3) is 3.15. The van der Waals surface area contributed by atoms with Gasteiger partial charge in [-0.1, -0.05) is 12.1 Å². The third-order valence-corrected chi connectivity index (χ3v) is 2.86. The summed E-state index contributed by atoms with van der Waals surface area (Å²) in [4.78, 5) is 0. The van der Waals surface area contributed by atoms with E-state index in [-0.39, 0.29) is 11.9 Å². The van der Waals surface area contributed by atoms with Crippen molar-refractivity contribution in [1.29, 1.82) is 0 Å². The van der Waals surface area contributed by atoms with Crippen molar-refractivity contribution in [1.82, 2.24) is 15.5 Å². The van der Waals surface area contributed by atoms with Gasteiger partial charge in [0.25, 0.3) is 0 Å². The van der Waals surface area contributed by atoms with E-state index in [1.807, 2.05) is 13.0 Å². The van der Waals surface area contributed by atoms with Crippen molar-refractivity contribution in [3.8, 4) is 0 Å². The first-order chi connectivity index (χ1) is 8.66. The van der Waals surface area contributed by atoms with Gasteiger partial charge in [-0.2, -0.15) is 5.10 Å². The van der Waals surface area contributed by atoms with Gasteiger partial charge in [0.15, 0.2) is 0 Å². The fourth-order valence-corrected chi connectivity index (χ4v) is 1.71. The Morgan fingerprint density at radius 3 is 2.67 bits per heavy atom. The molecular weight excluding hydrogens is 233 g/mol. The molecule has 1 aromatic carbocycles. The monoisotopic (exact) mass is 249 g/mol. The predicted molar refractivity (Wildman–Crippen MR) is 66.2 cm³/mol. The number of rotatable bonds is 5. The van der Waals surface area contributed by atoms with Crippen molar-refractivity contribution in [2.75, 3.05) is 0 Å². The Morgan fingerprint density at radius 1 is 1.33 bits per heavy atom. The number of hydrogen-bond donors (Lipinski definition) is 3. The lowest BCUT2D eigenvalue weighted by Gasteiger charge is -2.20. The van der Waals surface area contributed by atoms with E-state index in [2.05, 4.69) is 15.5 Å². The van der Waals surface area contributed by atoms with Gasteiger partial charge < -0.3 is 10.4 Å². The molecule has 5 heteroatoms. The summed E-state index contributed by atoms with van der Waals surface area (Å²) in [6.45, 7) is 2.48. The molecule has 96 valence electrons. The molecule has 0 saturated heterocycles. The van der Waals surface area contributed by atoms with Crippen LogP contribution in [0.5, 0.6) is 0 Å². The van der Waals surface area contributed by atoms with Gasteiger partial charge in [-0.05, 0) is 30.7 Å². The Balaban J connectivity index is 1.91. The van der Waals surface area contributed by atoms with Gasteiger partial charge in [-0.3, -0.25) is 5.10 Å². The average Bonchev–Trinajstić information content (AvgIpc) is 2.89. The van der Waals surface area contributed by atoms with Crippen molar-refractivity contribution in [3.05, 3.63) is 53.6 Å². The van der Waals surface area contributed by atoms with Crippen LogP contribution in [0, 0.1) is 5.82 Å². The number of benzene rings is 1. The van der Waals surface area contributed by atoms with Crippen LogP contribution in [0.1, 0.15) is 24.3 Å². The summed E-state index contributed by atoms with van der Waals surface area (Å²) in [7, 11) is 0. The van der Waals surface area contributed by atoms with E-state index in [1.165, 1.54) is 12.1 Å². The number of aliphatic hydroxyl groups excluding tert-OH is 1. The number of aromatic amines is 1. The summed E-state index contributed by atoms with van der Waals surface area (Å²) in [6.07, 6.45) is 1.01. The predicted octanol–water partition coefficient (Wildman–Crippen LogP) is 1.76. The van der Waals surface area contributed by atoms with E-state index < -0.39 is 6.10 Å². The molecule has 1 heterocycles. The molecule has 0 amide bonds. The second-order valence-electron chi connectivity index (χ2n) is 4.25. The lowest BCUT2D eigenvalue weighted by Crippen LogP contribution is -2.31. The lowest BCUT2D eigenvalue weighted by molar-refractivity contribution is 0.135. The highest BCUT2D eigenvalue weighted by Gasteiger charge is 2.15. The fourth-order valence-electron chi connectivity index (χ4n) is 1.71. The highest BCUT2D eigenvalue weighted by molar-refractivity contribution is 5.19. The van der Waals surface area contributed by atoms with Gasteiger partial charge in [0.2, 0.25) is 0 Å². The molecule has 0 fully saturated rings. The van der Waals surface area contributed by atoms with Crippen molar-refractivity contribution in [2.45, 2.75) is 25.6 Å². The maximum absolute atomic E-state index is 12.8. The SMILES string of the molecule is CC(NCc1ccn[nH]1)C(O)c1ccc(F)cc1. The quantitative estimate of drug-likeness (QED) is 0.756. The van der Waals surface area contributed by atoms with Crippen LogP contribution in [0.25, 0.3) is 0 Å². The molecule has 0 aliphatic carbocycles. The molecule has 0 spiro atoms. The number of hydrogen-bond acceptors (Lipinski definition) is 3. The Morgan fingerprint density at radius 2 is 2.06 bits per heavy atom. The molecule has 18 heavy (non-hydrogen) atoms. The highest BCUT2D eigenvalue weighted by Crippen LogP contribution is 2.17.